The Morgan fingerprint density at radius 2 is 2.36 bits per heavy atom. The molecule has 14 heavy (non-hydrogen) atoms. The molecule has 0 fully saturated rings. The summed E-state index contributed by atoms with van der Waals surface area (Å²) in [4.78, 5) is 6.97. The minimum absolute atomic E-state index is 0.571. The molecular formula is C10H8ClN2O. The molecule has 2 aromatic rings. The normalized spacial score (nSPS) is 10.1. The van der Waals surface area contributed by atoms with E-state index in [0.29, 0.717) is 16.6 Å². The predicted molar refractivity (Wildman–Crippen MR) is 54.4 cm³/mol. The number of nitrogens with one attached hydrogen (secondary N) is 1. The van der Waals surface area contributed by atoms with Crippen LogP contribution in [0.1, 0.15) is 0 Å². The second-order valence-electron chi connectivity index (χ2n) is 2.70. The number of methoxy groups -OCH3 is 1. The number of hydrogen-bond donors (Lipinski definition) is 1. The number of rotatable bonds is 2. The van der Waals surface area contributed by atoms with Crippen molar-refractivity contribution in [2.75, 3.05) is 7.11 Å². The van der Waals surface area contributed by atoms with E-state index in [2.05, 4.69) is 16.2 Å². The summed E-state index contributed by atoms with van der Waals surface area (Å²) in [6.07, 6.45) is 4.33. The van der Waals surface area contributed by atoms with E-state index in [1.165, 1.54) is 0 Å². The van der Waals surface area contributed by atoms with E-state index in [1.807, 2.05) is 12.1 Å². The number of ether oxygens (including phenoxy) is 1. The van der Waals surface area contributed by atoms with Gasteiger partial charge >= 0.3 is 0 Å². The second-order valence-corrected chi connectivity index (χ2v) is 3.11. The summed E-state index contributed by atoms with van der Waals surface area (Å²) < 4.78 is 5.19. The molecule has 0 saturated heterocycles. The minimum atomic E-state index is 0.571. The summed E-state index contributed by atoms with van der Waals surface area (Å²) in [5, 5.41) is 0.571. The Hall–Kier alpha value is -1.48. The summed E-state index contributed by atoms with van der Waals surface area (Å²) in [5.41, 5.74) is 0.834. The lowest BCUT2D eigenvalue weighted by Crippen LogP contribution is -1.89. The molecule has 2 rings (SSSR count). The fraction of sp³-hybridized carbons (Fsp3) is 0.100. The SMILES string of the molecule is COc1c(Cl)cccc1-c1n[c]c[nH]1. The fourth-order valence-corrected chi connectivity index (χ4v) is 1.52. The number of aromatic nitrogens is 2. The summed E-state index contributed by atoms with van der Waals surface area (Å²) in [7, 11) is 1.58. The lowest BCUT2D eigenvalue weighted by atomic mass is 10.2. The van der Waals surface area contributed by atoms with Crippen molar-refractivity contribution in [3.05, 3.63) is 35.6 Å². The maximum atomic E-state index is 5.97. The second kappa shape index (κ2) is 3.72. The molecule has 0 atom stereocenters. The van der Waals surface area contributed by atoms with E-state index in [0.717, 1.165) is 5.56 Å². The number of H-pyrrole nitrogens is 1. The zero-order chi connectivity index (χ0) is 9.97. The van der Waals surface area contributed by atoms with E-state index in [9.17, 15) is 0 Å². The molecule has 3 nitrogen and oxygen atoms in total. The van der Waals surface area contributed by atoms with Crippen LogP contribution in [0.2, 0.25) is 5.02 Å². The van der Waals surface area contributed by atoms with Crippen molar-refractivity contribution in [2.45, 2.75) is 0 Å². The zero-order valence-electron chi connectivity index (χ0n) is 7.54. The van der Waals surface area contributed by atoms with Crippen LogP contribution in [0.15, 0.2) is 24.4 Å². The summed E-state index contributed by atoms with van der Waals surface area (Å²) in [5.74, 6) is 1.32. The smallest absolute Gasteiger partial charge is 0.148 e. The average Bonchev–Trinajstić information content (AvgIpc) is 2.70. The number of hydrogen-bond acceptors (Lipinski definition) is 2. The third kappa shape index (κ3) is 1.46. The van der Waals surface area contributed by atoms with Crippen molar-refractivity contribution in [1.82, 2.24) is 9.97 Å². The Kier molecular flexibility index (Phi) is 2.41. The first-order valence-corrected chi connectivity index (χ1v) is 4.45. The Morgan fingerprint density at radius 1 is 1.50 bits per heavy atom. The Bertz CT molecular complexity index is 426. The van der Waals surface area contributed by atoms with Crippen LogP contribution < -0.4 is 4.74 Å². The van der Waals surface area contributed by atoms with Crippen LogP contribution in [0.25, 0.3) is 11.4 Å². The van der Waals surface area contributed by atoms with Gasteiger partial charge in [-0.1, -0.05) is 17.7 Å². The van der Waals surface area contributed by atoms with Gasteiger partial charge in [0.2, 0.25) is 0 Å². The highest BCUT2D eigenvalue weighted by Gasteiger charge is 2.10. The third-order valence-electron chi connectivity index (χ3n) is 1.88. The van der Waals surface area contributed by atoms with Crippen molar-refractivity contribution < 1.29 is 4.74 Å². The average molecular weight is 208 g/mol. The standard InChI is InChI=1S/C10H8ClN2O/c1-14-9-7(3-2-4-8(9)11)10-12-5-6-13-10/h2-5H,1H3,(H,12,13). The molecule has 1 heterocycles. The van der Waals surface area contributed by atoms with Crippen LogP contribution in [0.5, 0.6) is 5.75 Å². The highest BCUT2D eigenvalue weighted by atomic mass is 35.5. The van der Waals surface area contributed by atoms with Crippen molar-refractivity contribution in [3.8, 4) is 17.1 Å². The first-order chi connectivity index (χ1) is 6.83. The molecule has 0 unspecified atom stereocenters. The molecule has 0 aliphatic carbocycles. The number of nitrogens with zero attached hydrogens (tertiary/aromatic N) is 1. The first kappa shape index (κ1) is 9.09. The van der Waals surface area contributed by atoms with Crippen molar-refractivity contribution in [1.29, 1.82) is 0 Å². The maximum absolute atomic E-state index is 5.97. The van der Waals surface area contributed by atoms with E-state index >= 15 is 0 Å². The fourth-order valence-electron chi connectivity index (χ4n) is 1.27. The summed E-state index contributed by atoms with van der Waals surface area (Å²) in [6.45, 7) is 0. The van der Waals surface area contributed by atoms with E-state index in [1.54, 1.807) is 19.4 Å². The number of halogens is 1. The van der Waals surface area contributed by atoms with Crippen LogP contribution in [-0.4, -0.2) is 17.1 Å². The third-order valence-corrected chi connectivity index (χ3v) is 2.17. The molecule has 1 aromatic heterocycles. The summed E-state index contributed by atoms with van der Waals surface area (Å²) in [6, 6.07) is 5.51. The number of aromatic amines is 1. The molecule has 1 N–H and O–H groups in total. The van der Waals surface area contributed by atoms with E-state index in [-0.39, 0.29) is 0 Å². The highest BCUT2D eigenvalue weighted by Crippen LogP contribution is 2.33. The quantitative estimate of drug-likeness (QED) is 0.822. The predicted octanol–water partition coefficient (Wildman–Crippen LogP) is 2.54. The van der Waals surface area contributed by atoms with Crippen LogP contribution in [0.3, 0.4) is 0 Å². The molecular weight excluding hydrogens is 200 g/mol. The molecule has 0 saturated carbocycles. The number of imidazole rings is 1. The highest BCUT2D eigenvalue weighted by molar-refractivity contribution is 6.32. The molecule has 71 valence electrons. The van der Waals surface area contributed by atoms with Gasteiger partial charge in [-0.3, -0.25) is 0 Å². The van der Waals surface area contributed by atoms with Gasteiger partial charge in [0.15, 0.2) is 0 Å². The van der Waals surface area contributed by atoms with Gasteiger partial charge < -0.3 is 9.72 Å². The van der Waals surface area contributed by atoms with Gasteiger partial charge in [-0.05, 0) is 12.1 Å². The molecule has 0 bridgehead atoms. The molecule has 0 aliphatic heterocycles. The summed E-state index contributed by atoms with van der Waals surface area (Å²) >= 11 is 5.97. The maximum Gasteiger partial charge on any atom is 0.148 e. The topological polar surface area (TPSA) is 37.9 Å². The van der Waals surface area contributed by atoms with Gasteiger partial charge in [-0.15, -0.1) is 0 Å². The molecule has 0 spiro atoms. The van der Waals surface area contributed by atoms with Gasteiger partial charge in [0.05, 0.1) is 17.7 Å². The monoisotopic (exact) mass is 207 g/mol. The number of para-hydroxylation sites is 1. The van der Waals surface area contributed by atoms with Gasteiger partial charge in [0, 0.05) is 6.20 Å². The Balaban J connectivity index is 2.58. The lowest BCUT2D eigenvalue weighted by Gasteiger charge is -2.07. The lowest BCUT2D eigenvalue weighted by molar-refractivity contribution is 0.416. The van der Waals surface area contributed by atoms with Crippen LogP contribution in [-0.2, 0) is 0 Å². The molecule has 4 heteroatoms. The minimum Gasteiger partial charge on any atom is -0.494 e. The molecule has 1 aromatic carbocycles. The Labute approximate surface area is 86.7 Å². The van der Waals surface area contributed by atoms with E-state index in [4.69, 9.17) is 16.3 Å². The van der Waals surface area contributed by atoms with Crippen molar-refractivity contribution >= 4 is 11.6 Å². The van der Waals surface area contributed by atoms with Gasteiger partial charge in [0.25, 0.3) is 0 Å². The van der Waals surface area contributed by atoms with Gasteiger partial charge in [-0.25, -0.2) is 4.98 Å². The van der Waals surface area contributed by atoms with E-state index < -0.39 is 0 Å². The van der Waals surface area contributed by atoms with Crippen molar-refractivity contribution in [2.24, 2.45) is 0 Å². The van der Waals surface area contributed by atoms with Crippen molar-refractivity contribution in [3.63, 3.8) is 0 Å². The zero-order valence-corrected chi connectivity index (χ0v) is 8.30. The Morgan fingerprint density at radius 3 is 3.00 bits per heavy atom. The number of benzene rings is 1. The molecule has 0 amide bonds. The van der Waals surface area contributed by atoms with Gasteiger partial charge in [-0.2, -0.15) is 0 Å². The van der Waals surface area contributed by atoms with Crippen LogP contribution >= 0.6 is 11.6 Å². The molecule has 1 radical (unpaired) electrons. The molecule has 0 aliphatic rings. The largest absolute Gasteiger partial charge is 0.494 e. The van der Waals surface area contributed by atoms with Crippen LogP contribution in [0, 0.1) is 6.20 Å². The first-order valence-electron chi connectivity index (χ1n) is 4.07. The van der Waals surface area contributed by atoms with Gasteiger partial charge in [0.1, 0.15) is 17.8 Å². The van der Waals surface area contributed by atoms with Crippen LogP contribution in [0.4, 0.5) is 0 Å².